The van der Waals surface area contributed by atoms with Gasteiger partial charge >= 0.3 is 18.2 Å². The van der Waals surface area contributed by atoms with Gasteiger partial charge in [-0.15, -0.1) is 0 Å². The summed E-state index contributed by atoms with van der Waals surface area (Å²) >= 11 is 0. The van der Waals surface area contributed by atoms with Gasteiger partial charge in [0.15, 0.2) is 0 Å². The first-order valence-electron chi connectivity index (χ1n) is 6.05. The minimum atomic E-state index is -4.55. The van der Waals surface area contributed by atoms with E-state index in [1.165, 1.54) is 19.4 Å². The van der Waals surface area contributed by atoms with Crippen LogP contribution in [-0.4, -0.2) is 57.3 Å². The number of aliphatic carboxylic acids is 1. The predicted molar refractivity (Wildman–Crippen MR) is 65.5 cm³/mol. The number of aromatic amines is 1. The second-order valence-electron chi connectivity index (χ2n) is 4.25. The van der Waals surface area contributed by atoms with Gasteiger partial charge in [-0.1, -0.05) is 0 Å². The molecule has 0 saturated heterocycles. The van der Waals surface area contributed by atoms with Crippen LogP contribution in [0.2, 0.25) is 0 Å². The molecule has 3 N–H and O–H groups in total. The SMILES string of the molecule is CCN(CC(F)(F)F)C(=O)N[C@H](Cc1cnc[nH]1)C(=O)O. The molecule has 0 bridgehead atoms. The van der Waals surface area contributed by atoms with Crippen LogP contribution in [0.3, 0.4) is 0 Å². The third-order valence-corrected chi connectivity index (χ3v) is 2.61. The average Bonchev–Trinajstić information content (AvgIpc) is 2.86. The lowest BCUT2D eigenvalue weighted by Gasteiger charge is -2.24. The Morgan fingerprint density at radius 2 is 2.19 bits per heavy atom. The fraction of sp³-hybridized carbons (Fsp3) is 0.545. The Morgan fingerprint density at radius 1 is 1.52 bits per heavy atom. The largest absolute Gasteiger partial charge is 0.480 e. The van der Waals surface area contributed by atoms with E-state index in [1.54, 1.807) is 0 Å². The van der Waals surface area contributed by atoms with Crippen LogP contribution in [0.15, 0.2) is 12.5 Å². The quantitative estimate of drug-likeness (QED) is 0.730. The van der Waals surface area contributed by atoms with Crippen molar-refractivity contribution in [2.75, 3.05) is 13.1 Å². The van der Waals surface area contributed by atoms with Gasteiger partial charge in [0.2, 0.25) is 0 Å². The fourth-order valence-electron chi connectivity index (χ4n) is 1.60. The highest BCUT2D eigenvalue weighted by atomic mass is 19.4. The van der Waals surface area contributed by atoms with Crippen molar-refractivity contribution in [1.29, 1.82) is 0 Å². The molecule has 2 amide bonds. The number of amides is 2. The van der Waals surface area contributed by atoms with Gasteiger partial charge in [-0.05, 0) is 6.92 Å². The standard InChI is InChI=1S/C11H15F3N4O3/c1-2-18(5-11(12,13)14)10(21)17-8(9(19)20)3-7-4-15-6-16-7/h4,6,8H,2-3,5H2,1H3,(H,15,16)(H,17,21)(H,19,20)/t8-/m1/s1. The molecule has 0 saturated carbocycles. The Balaban J connectivity index is 2.69. The van der Waals surface area contributed by atoms with E-state index in [-0.39, 0.29) is 13.0 Å². The highest BCUT2D eigenvalue weighted by Gasteiger charge is 2.33. The number of imidazole rings is 1. The number of rotatable bonds is 6. The summed E-state index contributed by atoms with van der Waals surface area (Å²) in [4.78, 5) is 29.6. The third kappa shape index (κ3) is 5.71. The number of hydrogen-bond donors (Lipinski definition) is 3. The minimum absolute atomic E-state index is 0.107. The number of nitrogens with zero attached hydrogens (tertiary/aromatic N) is 2. The van der Waals surface area contributed by atoms with Crippen molar-refractivity contribution < 1.29 is 27.9 Å². The van der Waals surface area contributed by atoms with Gasteiger partial charge in [0.25, 0.3) is 0 Å². The molecule has 0 fully saturated rings. The Morgan fingerprint density at radius 3 is 2.62 bits per heavy atom. The highest BCUT2D eigenvalue weighted by Crippen LogP contribution is 2.16. The first kappa shape index (κ1) is 16.8. The van der Waals surface area contributed by atoms with Crippen molar-refractivity contribution in [3.05, 3.63) is 18.2 Å². The van der Waals surface area contributed by atoms with E-state index < -0.39 is 30.8 Å². The van der Waals surface area contributed by atoms with Crippen molar-refractivity contribution in [3.8, 4) is 0 Å². The third-order valence-electron chi connectivity index (χ3n) is 2.61. The Hall–Kier alpha value is -2.26. The number of H-pyrrole nitrogens is 1. The highest BCUT2D eigenvalue weighted by molar-refractivity contribution is 5.82. The molecule has 7 nitrogen and oxygen atoms in total. The number of carbonyl (C=O) groups excluding carboxylic acids is 1. The molecule has 0 unspecified atom stereocenters. The molecule has 1 atom stereocenters. The van der Waals surface area contributed by atoms with Crippen LogP contribution in [0.1, 0.15) is 12.6 Å². The van der Waals surface area contributed by atoms with Gasteiger partial charge < -0.3 is 20.3 Å². The van der Waals surface area contributed by atoms with Crippen LogP contribution in [0.4, 0.5) is 18.0 Å². The van der Waals surface area contributed by atoms with Crippen LogP contribution in [0.25, 0.3) is 0 Å². The van der Waals surface area contributed by atoms with Crippen LogP contribution >= 0.6 is 0 Å². The number of aromatic nitrogens is 2. The van der Waals surface area contributed by atoms with Crippen LogP contribution < -0.4 is 5.32 Å². The van der Waals surface area contributed by atoms with E-state index in [1.807, 2.05) is 0 Å². The van der Waals surface area contributed by atoms with E-state index >= 15 is 0 Å². The maximum absolute atomic E-state index is 12.3. The second-order valence-corrected chi connectivity index (χ2v) is 4.25. The van der Waals surface area contributed by atoms with E-state index in [0.717, 1.165) is 0 Å². The number of nitrogens with one attached hydrogen (secondary N) is 2. The molecular formula is C11H15F3N4O3. The zero-order valence-corrected chi connectivity index (χ0v) is 11.1. The number of alkyl halides is 3. The number of carbonyl (C=O) groups is 2. The zero-order valence-electron chi connectivity index (χ0n) is 11.1. The molecule has 1 aromatic rings. The van der Waals surface area contributed by atoms with E-state index in [2.05, 4.69) is 15.3 Å². The lowest BCUT2D eigenvalue weighted by Crippen LogP contribution is -2.51. The monoisotopic (exact) mass is 308 g/mol. The molecule has 0 spiro atoms. The van der Waals surface area contributed by atoms with E-state index in [0.29, 0.717) is 10.6 Å². The maximum atomic E-state index is 12.3. The number of carboxylic acids is 1. The van der Waals surface area contributed by atoms with Gasteiger partial charge in [-0.3, -0.25) is 0 Å². The number of urea groups is 1. The lowest BCUT2D eigenvalue weighted by atomic mass is 10.1. The smallest absolute Gasteiger partial charge is 0.406 e. The van der Waals surface area contributed by atoms with E-state index in [4.69, 9.17) is 5.11 Å². The van der Waals surface area contributed by atoms with Gasteiger partial charge in [-0.25, -0.2) is 14.6 Å². The first-order chi connectivity index (χ1) is 9.73. The second kappa shape index (κ2) is 6.95. The molecule has 0 aliphatic rings. The van der Waals surface area contributed by atoms with Crippen molar-refractivity contribution in [1.82, 2.24) is 20.2 Å². The normalized spacial score (nSPS) is 12.8. The maximum Gasteiger partial charge on any atom is 0.406 e. The molecule has 118 valence electrons. The Labute approximate surface area is 118 Å². The summed E-state index contributed by atoms with van der Waals surface area (Å²) in [6.45, 7) is -0.260. The van der Waals surface area contributed by atoms with Crippen molar-refractivity contribution in [3.63, 3.8) is 0 Å². The summed E-state index contributed by atoms with van der Waals surface area (Å²) in [7, 11) is 0. The molecule has 1 rings (SSSR count). The topological polar surface area (TPSA) is 98.3 Å². The molecule has 1 aromatic heterocycles. The first-order valence-corrected chi connectivity index (χ1v) is 6.05. The van der Waals surface area contributed by atoms with Crippen molar-refractivity contribution in [2.45, 2.75) is 25.6 Å². The molecule has 10 heteroatoms. The summed E-state index contributed by atoms with van der Waals surface area (Å²) in [5, 5.41) is 11.1. The zero-order chi connectivity index (χ0) is 16.0. The Bertz CT molecular complexity index is 476. The molecule has 0 radical (unpaired) electrons. The predicted octanol–water partition coefficient (Wildman–Crippen LogP) is 0.999. The average molecular weight is 308 g/mol. The van der Waals surface area contributed by atoms with E-state index in [9.17, 15) is 22.8 Å². The number of carboxylic acid groups (broad SMARTS) is 1. The lowest BCUT2D eigenvalue weighted by molar-refractivity contribution is -0.140. The van der Waals surface area contributed by atoms with Crippen molar-refractivity contribution >= 4 is 12.0 Å². The van der Waals surface area contributed by atoms with Crippen LogP contribution in [0, 0.1) is 0 Å². The fourth-order valence-corrected chi connectivity index (χ4v) is 1.60. The molecular weight excluding hydrogens is 293 g/mol. The summed E-state index contributed by atoms with van der Waals surface area (Å²) < 4.78 is 36.9. The molecule has 21 heavy (non-hydrogen) atoms. The van der Waals surface area contributed by atoms with Crippen LogP contribution in [-0.2, 0) is 11.2 Å². The van der Waals surface area contributed by atoms with Gasteiger partial charge in [0.05, 0.1) is 6.33 Å². The number of hydrogen-bond acceptors (Lipinski definition) is 3. The number of halogens is 3. The summed E-state index contributed by atoms with van der Waals surface area (Å²) in [6.07, 6.45) is -1.95. The molecule has 0 aliphatic carbocycles. The summed E-state index contributed by atoms with van der Waals surface area (Å²) in [5.74, 6) is -1.35. The molecule has 0 aliphatic heterocycles. The minimum Gasteiger partial charge on any atom is -0.480 e. The summed E-state index contributed by atoms with van der Waals surface area (Å²) in [5.41, 5.74) is 0.446. The van der Waals surface area contributed by atoms with Crippen LogP contribution in [0.5, 0.6) is 0 Å². The summed E-state index contributed by atoms with van der Waals surface area (Å²) in [6, 6.07) is -2.43. The van der Waals surface area contributed by atoms with Crippen molar-refractivity contribution in [2.24, 2.45) is 0 Å². The van der Waals surface area contributed by atoms with Gasteiger partial charge in [0.1, 0.15) is 12.6 Å². The van der Waals surface area contributed by atoms with Gasteiger partial charge in [-0.2, -0.15) is 13.2 Å². The molecule has 0 aromatic carbocycles. The Kier molecular flexibility index (Phi) is 5.56. The van der Waals surface area contributed by atoms with Gasteiger partial charge in [0, 0.05) is 24.9 Å². The molecule has 1 heterocycles.